The van der Waals surface area contributed by atoms with Crippen LogP contribution in [0.25, 0.3) is 0 Å². The third-order valence-corrected chi connectivity index (χ3v) is 6.92. The Morgan fingerprint density at radius 3 is 2.25 bits per heavy atom. The van der Waals surface area contributed by atoms with Crippen LogP contribution in [0.2, 0.25) is 0 Å². The summed E-state index contributed by atoms with van der Waals surface area (Å²) < 4.78 is 26.2. The van der Waals surface area contributed by atoms with Gasteiger partial charge in [-0.1, -0.05) is 13.8 Å². The third-order valence-electron chi connectivity index (χ3n) is 3.84. The first kappa shape index (κ1) is 18.6. The fourth-order valence-corrected chi connectivity index (χ4v) is 4.64. The van der Waals surface area contributed by atoms with Gasteiger partial charge >= 0.3 is 0 Å². The Labute approximate surface area is 147 Å². The Balaban J connectivity index is 2.08. The molecule has 0 unspecified atom stereocenters. The summed E-state index contributed by atoms with van der Waals surface area (Å²) in [5, 5.41) is 4.85. The SMILES string of the molecule is CCN(CC)S(=O)(=O)c1ccc(C(=O)NCc2sccc2C)cc1. The number of nitrogens with one attached hydrogen (secondary N) is 1. The second kappa shape index (κ2) is 7.92. The molecule has 0 aliphatic heterocycles. The largest absolute Gasteiger partial charge is 0.347 e. The van der Waals surface area contributed by atoms with Crippen LogP contribution in [-0.4, -0.2) is 31.7 Å². The highest BCUT2D eigenvalue weighted by Crippen LogP contribution is 2.17. The molecular weight excluding hydrogens is 344 g/mol. The summed E-state index contributed by atoms with van der Waals surface area (Å²) in [6, 6.07) is 8.08. The number of thiophene rings is 1. The number of rotatable bonds is 7. The average Bonchev–Trinajstić information content (AvgIpc) is 2.98. The van der Waals surface area contributed by atoms with Gasteiger partial charge in [0.15, 0.2) is 0 Å². The van der Waals surface area contributed by atoms with Gasteiger partial charge in [-0.3, -0.25) is 4.79 Å². The van der Waals surface area contributed by atoms with Gasteiger partial charge in [0.1, 0.15) is 0 Å². The van der Waals surface area contributed by atoms with Crippen molar-refractivity contribution >= 4 is 27.3 Å². The lowest BCUT2D eigenvalue weighted by Crippen LogP contribution is -2.30. The van der Waals surface area contributed by atoms with E-state index in [-0.39, 0.29) is 10.8 Å². The minimum atomic E-state index is -3.49. The molecule has 1 aromatic carbocycles. The summed E-state index contributed by atoms with van der Waals surface area (Å²) in [4.78, 5) is 13.5. The molecule has 0 spiro atoms. The van der Waals surface area contributed by atoms with E-state index < -0.39 is 10.0 Å². The van der Waals surface area contributed by atoms with E-state index in [1.807, 2.05) is 18.4 Å². The number of sulfonamides is 1. The Kier molecular flexibility index (Phi) is 6.15. The maximum atomic E-state index is 12.4. The Bertz CT molecular complexity index is 791. The van der Waals surface area contributed by atoms with Crippen LogP contribution in [0.4, 0.5) is 0 Å². The van der Waals surface area contributed by atoms with Crippen molar-refractivity contribution in [3.8, 4) is 0 Å². The van der Waals surface area contributed by atoms with Crippen molar-refractivity contribution in [1.29, 1.82) is 0 Å². The average molecular weight is 367 g/mol. The van der Waals surface area contributed by atoms with E-state index in [0.717, 1.165) is 10.4 Å². The van der Waals surface area contributed by atoms with Gasteiger partial charge in [0.25, 0.3) is 5.91 Å². The Morgan fingerprint density at radius 2 is 1.75 bits per heavy atom. The molecule has 0 fully saturated rings. The van der Waals surface area contributed by atoms with Crippen LogP contribution in [0, 0.1) is 6.92 Å². The second-order valence-corrected chi connectivity index (χ2v) is 8.26. The maximum Gasteiger partial charge on any atom is 0.251 e. The van der Waals surface area contributed by atoms with Crippen molar-refractivity contribution in [2.45, 2.75) is 32.2 Å². The lowest BCUT2D eigenvalue weighted by Gasteiger charge is -2.18. The number of carbonyl (C=O) groups is 1. The molecule has 7 heteroatoms. The highest BCUT2D eigenvalue weighted by atomic mass is 32.2. The third kappa shape index (κ3) is 4.03. The van der Waals surface area contributed by atoms with Gasteiger partial charge in [0, 0.05) is 23.5 Å². The first-order valence-electron chi connectivity index (χ1n) is 7.81. The fraction of sp³-hybridized carbons (Fsp3) is 0.353. The molecule has 0 radical (unpaired) electrons. The molecule has 5 nitrogen and oxygen atoms in total. The summed E-state index contributed by atoms with van der Waals surface area (Å²) in [5.41, 5.74) is 1.60. The summed E-state index contributed by atoms with van der Waals surface area (Å²) in [7, 11) is -3.49. The molecule has 0 bridgehead atoms. The first-order valence-corrected chi connectivity index (χ1v) is 10.1. The number of benzene rings is 1. The van der Waals surface area contributed by atoms with Gasteiger partial charge in [-0.2, -0.15) is 4.31 Å². The van der Waals surface area contributed by atoms with Crippen LogP contribution >= 0.6 is 11.3 Å². The van der Waals surface area contributed by atoms with Gasteiger partial charge in [0.05, 0.1) is 11.4 Å². The lowest BCUT2D eigenvalue weighted by molar-refractivity contribution is 0.0951. The van der Waals surface area contributed by atoms with Gasteiger partial charge < -0.3 is 5.32 Å². The summed E-state index contributed by atoms with van der Waals surface area (Å²) in [6.45, 7) is 6.92. The fourth-order valence-electron chi connectivity index (χ4n) is 2.34. The van der Waals surface area contributed by atoms with Gasteiger partial charge in [0.2, 0.25) is 10.0 Å². The molecule has 0 saturated carbocycles. The van der Waals surface area contributed by atoms with Crippen LogP contribution in [0.3, 0.4) is 0 Å². The predicted molar refractivity (Wildman–Crippen MR) is 96.8 cm³/mol. The van der Waals surface area contributed by atoms with E-state index >= 15 is 0 Å². The van der Waals surface area contributed by atoms with Crippen molar-refractivity contribution in [1.82, 2.24) is 9.62 Å². The van der Waals surface area contributed by atoms with E-state index in [1.165, 1.54) is 16.4 Å². The molecule has 1 amide bonds. The molecular formula is C17H22N2O3S2. The minimum absolute atomic E-state index is 0.205. The van der Waals surface area contributed by atoms with Crippen LogP contribution in [0.5, 0.6) is 0 Å². The smallest absolute Gasteiger partial charge is 0.251 e. The van der Waals surface area contributed by atoms with Gasteiger partial charge in [-0.15, -0.1) is 11.3 Å². The highest BCUT2D eigenvalue weighted by Gasteiger charge is 2.21. The Hall–Kier alpha value is -1.70. The quantitative estimate of drug-likeness (QED) is 0.819. The zero-order valence-electron chi connectivity index (χ0n) is 14.1. The van der Waals surface area contributed by atoms with Crippen LogP contribution in [-0.2, 0) is 16.6 Å². The molecule has 0 saturated heterocycles. The number of amides is 1. The molecule has 0 aliphatic rings. The van der Waals surface area contributed by atoms with Gasteiger partial charge in [-0.25, -0.2) is 8.42 Å². The Morgan fingerprint density at radius 1 is 1.12 bits per heavy atom. The van der Waals surface area contributed by atoms with Crippen LogP contribution in [0.1, 0.15) is 34.6 Å². The summed E-state index contributed by atoms with van der Waals surface area (Å²) in [5.74, 6) is -0.213. The number of hydrogen-bond donors (Lipinski definition) is 1. The van der Waals surface area contributed by atoms with Crippen molar-refractivity contribution < 1.29 is 13.2 Å². The second-order valence-electron chi connectivity index (χ2n) is 5.32. The summed E-state index contributed by atoms with van der Waals surface area (Å²) in [6.07, 6.45) is 0. The van der Waals surface area contributed by atoms with E-state index in [4.69, 9.17) is 0 Å². The molecule has 0 aliphatic carbocycles. The number of nitrogens with zero attached hydrogens (tertiary/aromatic N) is 1. The lowest BCUT2D eigenvalue weighted by atomic mass is 10.2. The van der Waals surface area contributed by atoms with Gasteiger partial charge in [-0.05, 0) is 48.2 Å². The summed E-state index contributed by atoms with van der Waals surface area (Å²) >= 11 is 1.60. The molecule has 24 heavy (non-hydrogen) atoms. The van der Waals surface area contributed by atoms with Crippen molar-refractivity contribution in [2.24, 2.45) is 0 Å². The molecule has 130 valence electrons. The standard InChI is InChI=1S/C17H22N2O3S2/c1-4-19(5-2)24(21,22)15-8-6-14(7-9-15)17(20)18-12-16-13(3)10-11-23-16/h6-11H,4-5,12H2,1-3H3,(H,18,20). The van der Waals surface area contributed by atoms with Crippen LogP contribution in [0.15, 0.2) is 40.6 Å². The van der Waals surface area contributed by atoms with E-state index in [0.29, 0.717) is 25.2 Å². The van der Waals surface area contributed by atoms with E-state index in [1.54, 1.807) is 37.3 Å². The molecule has 0 atom stereocenters. The minimum Gasteiger partial charge on any atom is -0.347 e. The molecule has 2 aromatic rings. The first-order chi connectivity index (χ1) is 11.4. The zero-order chi connectivity index (χ0) is 17.7. The molecule has 2 rings (SSSR count). The normalized spacial score (nSPS) is 11.7. The highest BCUT2D eigenvalue weighted by molar-refractivity contribution is 7.89. The monoisotopic (exact) mass is 366 g/mol. The van der Waals surface area contributed by atoms with E-state index in [9.17, 15) is 13.2 Å². The maximum absolute atomic E-state index is 12.4. The molecule has 1 heterocycles. The number of hydrogen-bond acceptors (Lipinski definition) is 4. The van der Waals surface area contributed by atoms with Crippen LogP contribution < -0.4 is 5.32 Å². The molecule has 1 aromatic heterocycles. The number of aryl methyl sites for hydroxylation is 1. The predicted octanol–water partition coefficient (Wildman–Crippen LogP) is 3.02. The topological polar surface area (TPSA) is 66.5 Å². The molecule has 1 N–H and O–H groups in total. The van der Waals surface area contributed by atoms with E-state index in [2.05, 4.69) is 5.32 Å². The van der Waals surface area contributed by atoms with Crippen molar-refractivity contribution in [3.63, 3.8) is 0 Å². The van der Waals surface area contributed by atoms with Crippen molar-refractivity contribution in [2.75, 3.05) is 13.1 Å². The zero-order valence-corrected chi connectivity index (χ0v) is 15.7. The number of carbonyl (C=O) groups excluding carboxylic acids is 1. The van der Waals surface area contributed by atoms with Crippen molar-refractivity contribution in [3.05, 3.63) is 51.7 Å².